The second-order valence-electron chi connectivity index (χ2n) is 1.99. The van der Waals surface area contributed by atoms with Gasteiger partial charge in [0, 0.05) is 0 Å². The van der Waals surface area contributed by atoms with Crippen molar-refractivity contribution in [1.29, 1.82) is 0 Å². The van der Waals surface area contributed by atoms with E-state index in [1.165, 1.54) is 0 Å². The molecule has 2 N–H and O–H groups in total. The smallest absolute Gasteiger partial charge is 0.404 e. The van der Waals surface area contributed by atoms with Gasteiger partial charge in [0.1, 0.15) is 6.10 Å². The molecule has 54 valence electrons. The Labute approximate surface area is 60.0 Å². The van der Waals surface area contributed by atoms with E-state index >= 15 is 0 Å². The third kappa shape index (κ3) is 2.56. The number of hydrogen-bond donors (Lipinski definition) is 1. The number of halogens is 1. The Morgan fingerprint density at radius 1 is 1.56 bits per heavy atom. The van der Waals surface area contributed by atoms with Crippen molar-refractivity contribution in [1.82, 2.24) is 0 Å². The highest BCUT2D eigenvalue weighted by Crippen LogP contribution is 2.21. The molecule has 0 aromatic carbocycles. The summed E-state index contributed by atoms with van der Waals surface area (Å²) in [5.74, 6) is 0. The van der Waals surface area contributed by atoms with E-state index in [1.54, 1.807) is 0 Å². The van der Waals surface area contributed by atoms with Gasteiger partial charge in [-0.15, -0.1) is 12.4 Å². The summed E-state index contributed by atoms with van der Waals surface area (Å²) < 4.78 is 4.62. The van der Waals surface area contributed by atoms with Crippen LogP contribution < -0.4 is 5.73 Å². The Bertz CT molecular complexity index is 103. The van der Waals surface area contributed by atoms with E-state index in [-0.39, 0.29) is 18.5 Å². The molecule has 1 fully saturated rings. The van der Waals surface area contributed by atoms with Crippen LogP contribution in [0.4, 0.5) is 4.79 Å². The van der Waals surface area contributed by atoms with E-state index in [9.17, 15) is 4.79 Å². The molecule has 9 heavy (non-hydrogen) atoms. The predicted molar refractivity (Wildman–Crippen MR) is 35.6 cm³/mol. The van der Waals surface area contributed by atoms with Crippen LogP contribution in [0.2, 0.25) is 0 Å². The summed E-state index contributed by atoms with van der Waals surface area (Å²) in [6.45, 7) is 0. The Morgan fingerprint density at radius 3 is 2.22 bits per heavy atom. The van der Waals surface area contributed by atoms with Crippen LogP contribution in [0.5, 0.6) is 0 Å². The molecule has 1 saturated carbocycles. The maximum absolute atomic E-state index is 10.0. The van der Waals surface area contributed by atoms with E-state index < -0.39 is 6.09 Å². The van der Waals surface area contributed by atoms with Crippen LogP contribution in [0, 0.1) is 0 Å². The zero-order valence-corrected chi connectivity index (χ0v) is 5.82. The third-order valence-corrected chi connectivity index (χ3v) is 1.34. The highest BCUT2D eigenvalue weighted by atomic mass is 35.5. The van der Waals surface area contributed by atoms with Gasteiger partial charge < -0.3 is 10.5 Å². The minimum Gasteiger partial charge on any atom is -0.446 e. The number of amides is 1. The molecular weight excluding hydrogens is 142 g/mol. The number of rotatable bonds is 1. The lowest BCUT2D eigenvalue weighted by atomic mass is 9.96. The molecule has 0 saturated heterocycles. The van der Waals surface area contributed by atoms with E-state index in [1.807, 2.05) is 0 Å². The van der Waals surface area contributed by atoms with Crippen molar-refractivity contribution < 1.29 is 9.53 Å². The zero-order valence-electron chi connectivity index (χ0n) is 5.00. The minimum absolute atomic E-state index is 0. The summed E-state index contributed by atoms with van der Waals surface area (Å²) in [6, 6.07) is 0. The standard InChI is InChI=1S/C5H9NO2.ClH/c6-5(7)8-4-2-1-3-4;/h4H,1-3H2,(H2,6,7);1H. The van der Waals surface area contributed by atoms with Crippen LogP contribution in [0.1, 0.15) is 19.3 Å². The zero-order chi connectivity index (χ0) is 5.98. The molecule has 0 aromatic heterocycles. The van der Waals surface area contributed by atoms with Crippen molar-refractivity contribution in [3.05, 3.63) is 0 Å². The molecule has 0 bridgehead atoms. The predicted octanol–water partition coefficient (Wildman–Crippen LogP) is 1.06. The molecule has 1 amide bonds. The second-order valence-corrected chi connectivity index (χ2v) is 1.99. The fourth-order valence-corrected chi connectivity index (χ4v) is 0.653. The fraction of sp³-hybridized carbons (Fsp3) is 0.800. The Balaban J connectivity index is 0.000000640. The van der Waals surface area contributed by atoms with Gasteiger partial charge in [-0.25, -0.2) is 4.79 Å². The van der Waals surface area contributed by atoms with Gasteiger partial charge >= 0.3 is 6.09 Å². The summed E-state index contributed by atoms with van der Waals surface area (Å²) in [5.41, 5.74) is 4.74. The molecule has 0 spiro atoms. The summed E-state index contributed by atoms with van der Waals surface area (Å²) in [7, 11) is 0. The third-order valence-electron chi connectivity index (χ3n) is 1.34. The quantitative estimate of drug-likeness (QED) is 0.609. The lowest BCUT2D eigenvalue weighted by molar-refractivity contribution is 0.0591. The van der Waals surface area contributed by atoms with Crippen molar-refractivity contribution in [2.24, 2.45) is 5.73 Å². The van der Waals surface area contributed by atoms with Gasteiger partial charge in [-0.3, -0.25) is 0 Å². The first-order valence-electron chi connectivity index (χ1n) is 2.75. The molecule has 1 aliphatic carbocycles. The monoisotopic (exact) mass is 151 g/mol. The largest absolute Gasteiger partial charge is 0.446 e. The molecule has 3 nitrogen and oxygen atoms in total. The molecule has 0 unspecified atom stereocenters. The van der Waals surface area contributed by atoms with Gasteiger partial charge in [-0.1, -0.05) is 0 Å². The van der Waals surface area contributed by atoms with Crippen LogP contribution in [0.15, 0.2) is 0 Å². The average Bonchev–Trinajstić information content (AvgIpc) is 1.55. The van der Waals surface area contributed by atoms with Gasteiger partial charge in [-0.2, -0.15) is 0 Å². The molecule has 0 heterocycles. The lowest BCUT2D eigenvalue weighted by Gasteiger charge is -2.23. The van der Waals surface area contributed by atoms with Gasteiger partial charge in [0.05, 0.1) is 0 Å². The number of primary amides is 1. The van der Waals surface area contributed by atoms with E-state index in [2.05, 4.69) is 4.74 Å². The van der Waals surface area contributed by atoms with Crippen molar-refractivity contribution in [3.63, 3.8) is 0 Å². The minimum atomic E-state index is -0.644. The number of carbonyl (C=O) groups is 1. The fourth-order valence-electron chi connectivity index (χ4n) is 0.653. The second kappa shape index (κ2) is 3.56. The molecule has 4 heteroatoms. The first-order valence-corrected chi connectivity index (χ1v) is 2.75. The van der Waals surface area contributed by atoms with Gasteiger partial charge in [-0.05, 0) is 19.3 Å². The Hall–Kier alpha value is -0.440. The van der Waals surface area contributed by atoms with E-state index in [4.69, 9.17) is 5.73 Å². The topological polar surface area (TPSA) is 52.3 Å². The molecule has 0 atom stereocenters. The summed E-state index contributed by atoms with van der Waals surface area (Å²) in [5, 5.41) is 0. The maximum atomic E-state index is 10.0. The normalized spacial score (nSPS) is 17.3. The summed E-state index contributed by atoms with van der Waals surface area (Å²) >= 11 is 0. The van der Waals surface area contributed by atoms with Crippen LogP contribution in [-0.4, -0.2) is 12.2 Å². The summed E-state index contributed by atoms with van der Waals surface area (Å²) in [4.78, 5) is 10.0. The first kappa shape index (κ1) is 8.56. The number of ether oxygens (including phenoxy) is 1. The van der Waals surface area contributed by atoms with Gasteiger partial charge in [0.15, 0.2) is 0 Å². The van der Waals surface area contributed by atoms with Gasteiger partial charge in [0.2, 0.25) is 0 Å². The molecular formula is C5H10ClNO2. The Kier molecular flexibility index (Phi) is 3.39. The van der Waals surface area contributed by atoms with Crippen molar-refractivity contribution in [2.45, 2.75) is 25.4 Å². The first-order chi connectivity index (χ1) is 3.79. The van der Waals surface area contributed by atoms with E-state index in [0.717, 1.165) is 19.3 Å². The lowest BCUT2D eigenvalue weighted by Crippen LogP contribution is -2.27. The molecule has 1 rings (SSSR count). The highest BCUT2D eigenvalue weighted by molar-refractivity contribution is 5.85. The summed E-state index contributed by atoms with van der Waals surface area (Å²) in [6.07, 6.45) is 2.63. The van der Waals surface area contributed by atoms with Crippen LogP contribution >= 0.6 is 12.4 Å². The molecule has 0 radical (unpaired) electrons. The Morgan fingerprint density at radius 2 is 2.11 bits per heavy atom. The van der Waals surface area contributed by atoms with Crippen molar-refractivity contribution in [3.8, 4) is 0 Å². The molecule has 1 aliphatic rings. The number of carbonyl (C=O) groups excluding carboxylic acids is 1. The molecule has 0 aliphatic heterocycles. The average molecular weight is 152 g/mol. The number of hydrogen-bond acceptors (Lipinski definition) is 2. The van der Waals surface area contributed by atoms with Crippen LogP contribution in [-0.2, 0) is 4.74 Å². The van der Waals surface area contributed by atoms with E-state index in [0.29, 0.717) is 0 Å². The number of nitrogens with two attached hydrogens (primary N) is 1. The maximum Gasteiger partial charge on any atom is 0.404 e. The van der Waals surface area contributed by atoms with Crippen LogP contribution in [0.25, 0.3) is 0 Å². The van der Waals surface area contributed by atoms with Crippen LogP contribution in [0.3, 0.4) is 0 Å². The SMILES string of the molecule is Cl.NC(=O)OC1CCC1. The highest BCUT2D eigenvalue weighted by Gasteiger charge is 2.19. The van der Waals surface area contributed by atoms with Gasteiger partial charge in [0.25, 0.3) is 0 Å². The van der Waals surface area contributed by atoms with Crippen molar-refractivity contribution >= 4 is 18.5 Å². The van der Waals surface area contributed by atoms with Crippen molar-refractivity contribution in [2.75, 3.05) is 0 Å². The molecule has 0 aromatic rings.